The maximum atomic E-state index is 12.8. The number of carbonyl (C=O) groups is 1. The SMILES string of the molecule is CN1CCC2CN(C(=O)c3cn(CCc4ccccc4)nn3)CC2C1. The lowest BCUT2D eigenvalue weighted by atomic mass is 9.89. The Labute approximate surface area is 148 Å². The van der Waals surface area contributed by atoms with E-state index in [-0.39, 0.29) is 5.91 Å². The van der Waals surface area contributed by atoms with Crippen molar-refractivity contribution in [2.75, 3.05) is 33.2 Å². The molecule has 1 amide bonds. The van der Waals surface area contributed by atoms with Crippen LogP contribution < -0.4 is 0 Å². The van der Waals surface area contributed by atoms with Crippen molar-refractivity contribution in [2.24, 2.45) is 11.8 Å². The van der Waals surface area contributed by atoms with E-state index >= 15 is 0 Å². The molecule has 2 saturated heterocycles. The lowest BCUT2D eigenvalue weighted by molar-refractivity contribution is 0.0778. The molecule has 0 spiro atoms. The Morgan fingerprint density at radius 1 is 1.16 bits per heavy atom. The third-order valence-corrected chi connectivity index (χ3v) is 5.52. The highest BCUT2D eigenvalue weighted by atomic mass is 16.2. The first-order valence-electron chi connectivity index (χ1n) is 9.11. The van der Waals surface area contributed by atoms with E-state index in [0.717, 1.165) is 39.1 Å². The van der Waals surface area contributed by atoms with Crippen LogP contribution in [0.1, 0.15) is 22.5 Å². The van der Waals surface area contributed by atoms with Gasteiger partial charge in [0.25, 0.3) is 5.91 Å². The molecule has 4 rings (SSSR count). The Morgan fingerprint density at radius 2 is 1.96 bits per heavy atom. The fourth-order valence-corrected chi connectivity index (χ4v) is 4.07. The Hall–Kier alpha value is -2.21. The van der Waals surface area contributed by atoms with Crippen molar-refractivity contribution in [3.8, 4) is 0 Å². The molecule has 0 aliphatic carbocycles. The zero-order chi connectivity index (χ0) is 17.2. The molecule has 0 radical (unpaired) electrons. The Bertz CT molecular complexity index is 728. The van der Waals surface area contributed by atoms with Gasteiger partial charge < -0.3 is 9.80 Å². The first-order valence-corrected chi connectivity index (χ1v) is 9.11. The van der Waals surface area contributed by atoms with Crippen LogP contribution in [0, 0.1) is 11.8 Å². The summed E-state index contributed by atoms with van der Waals surface area (Å²) in [7, 11) is 2.17. The summed E-state index contributed by atoms with van der Waals surface area (Å²) in [5.41, 5.74) is 1.73. The van der Waals surface area contributed by atoms with Crippen LogP contribution in [0.2, 0.25) is 0 Å². The monoisotopic (exact) mass is 339 g/mol. The lowest BCUT2D eigenvalue weighted by Crippen LogP contribution is -2.37. The normalized spacial score (nSPS) is 23.6. The van der Waals surface area contributed by atoms with E-state index in [9.17, 15) is 4.79 Å². The molecular weight excluding hydrogens is 314 g/mol. The highest BCUT2D eigenvalue weighted by molar-refractivity contribution is 5.92. The second-order valence-electron chi connectivity index (χ2n) is 7.38. The Balaban J connectivity index is 1.36. The molecule has 2 fully saturated rings. The van der Waals surface area contributed by atoms with Crippen LogP contribution >= 0.6 is 0 Å². The van der Waals surface area contributed by atoms with Gasteiger partial charge in [0, 0.05) is 26.2 Å². The smallest absolute Gasteiger partial charge is 0.276 e. The van der Waals surface area contributed by atoms with Crippen LogP contribution in [0.5, 0.6) is 0 Å². The number of hydrogen-bond donors (Lipinski definition) is 0. The number of benzene rings is 1. The average molecular weight is 339 g/mol. The van der Waals surface area contributed by atoms with Gasteiger partial charge in [-0.25, -0.2) is 0 Å². The van der Waals surface area contributed by atoms with E-state index in [1.54, 1.807) is 10.9 Å². The topological polar surface area (TPSA) is 54.3 Å². The van der Waals surface area contributed by atoms with E-state index in [2.05, 4.69) is 34.4 Å². The molecule has 132 valence electrons. The van der Waals surface area contributed by atoms with Crippen LogP contribution in [0.3, 0.4) is 0 Å². The van der Waals surface area contributed by atoms with E-state index in [0.29, 0.717) is 17.5 Å². The fraction of sp³-hybridized carbons (Fsp3) is 0.526. The molecule has 2 atom stereocenters. The molecule has 2 unspecified atom stereocenters. The summed E-state index contributed by atoms with van der Waals surface area (Å²) >= 11 is 0. The molecule has 0 saturated carbocycles. The number of rotatable bonds is 4. The molecule has 25 heavy (non-hydrogen) atoms. The van der Waals surface area contributed by atoms with Gasteiger partial charge in [-0.2, -0.15) is 0 Å². The fourth-order valence-electron chi connectivity index (χ4n) is 4.07. The van der Waals surface area contributed by atoms with Gasteiger partial charge in [0.05, 0.1) is 6.20 Å². The number of carbonyl (C=O) groups excluding carboxylic acids is 1. The van der Waals surface area contributed by atoms with E-state index in [4.69, 9.17) is 0 Å². The summed E-state index contributed by atoms with van der Waals surface area (Å²) in [5.74, 6) is 1.28. The van der Waals surface area contributed by atoms with Crippen molar-refractivity contribution >= 4 is 5.91 Å². The zero-order valence-electron chi connectivity index (χ0n) is 14.7. The van der Waals surface area contributed by atoms with Crippen molar-refractivity contribution in [2.45, 2.75) is 19.4 Å². The van der Waals surface area contributed by atoms with Crippen molar-refractivity contribution in [1.82, 2.24) is 24.8 Å². The molecule has 6 heteroatoms. The third-order valence-electron chi connectivity index (χ3n) is 5.52. The average Bonchev–Trinajstić information content (AvgIpc) is 3.27. The van der Waals surface area contributed by atoms with Gasteiger partial charge in [0.1, 0.15) is 0 Å². The number of amides is 1. The van der Waals surface area contributed by atoms with Crippen molar-refractivity contribution < 1.29 is 4.79 Å². The summed E-state index contributed by atoms with van der Waals surface area (Å²) in [4.78, 5) is 17.1. The predicted molar refractivity (Wildman–Crippen MR) is 95.2 cm³/mol. The number of likely N-dealkylation sites (tertiary alicyclic amines) is 2. The predicted octanol–water partition coefficient (Wildman–Crippen LogP) is 1.54. The van der Waals surface area contributed by atoms with Gasteiger partial charge in [-0.15, -0.1) is 5.10 Å². The minimum Gasteiger partial charge on any atom is -0.337 e. The minimum absolute atomic E-state index is 0.0306. The van der Waals surface area contributed by atoms with Gasteiger partial charge in [-0.1, -0.05) is 35.5 Å². The molecular formula is C19H25N5O. The largest absolute Gasteiger partial charge is 0.337 e. The molecule has 1 aromatic heterocycles. The summed E-state index contributed by atoms with van der Waals surface area (Å²) in [6.07, 6.45) is 3.87. The first-order chi connectivity index (χ1) is 12.2. The molecule has 6 nitrogen and oxygen atoms in total. The van der Waals surface area contributed by atoms with Crippen molar-refractivity contribution in [3.05, 3.63) is 47.8 Å². The first kappa shape index (κ1) is 16.3. The highest BCUT2D eigenvalue weighted by Gasteiger charge is 2.38. The molecule has 3 heterocycles. The molecule has 1 aromatic carbocycles. The number of aromatic nitrogens is 3. The summed E-state index contributed by atoms with van der Waals surface area (Å²) in [5, 5.41) is 8.25. The third kappa shape index (κ3) is 3.58. The second-order valence-corrected chi connectivity index (χ2v) is 7.38. The zero-order valence-corrected chi connectivity index (χ0v) is 14.7. The maximum Gasteiger partial charge on any atom is 0.276 e. The number of aryl methyl sites for hydroxylation is 2. The highest BCUT2D eigenvalue weighted by Crippen LogP contribution is 2.31. The molecule has 0 N–H and O–H groups in total. The minimum atomic E-state index is 0.0306. The summed E-state index contributed by atoms with van der Waals surface area (Å²) < 4.78 is 1.77. The van der Waals surface area contributed by atoms with Gasteiger partial charge >= 0.3 is 0 Å². The van der Waals surface area contributed by atoms with Crippen molar-refractivity contribution in [3.63, 3.8) is 0 Å². The van der Waals surface area contributed by atoms with Gasteiger partial charge in [-0.05, 0) is 43.8 Å². The van der Waals surface area contributed by atoms with Crippen LogP contribution in [-0.4, -0.2) is 63.9 Å². The van der Waals surface area contributed by atoms with Crippen LogP contribution in [0.15, 0.2) is 36.5 Å². The Morgan fingerprint density at radius 3 is 2.80 bits per heavy atom. The standard InChI is InChI=1S/C19H25N5O/c1-22-9-8-16-12-23(13-17(16)11-22)19(25)18-14-24(21-20-18)10-7-15-5-3-2-4-6-15/h2-6,14,16-17H,7-13H2,1H3. The molecule has 0 bridgehead atoms. The van der Waals surface area contributed by atoms with Gasteiger partial charge in [0.2, 0.25) is 0 Å². The molecule has 2 aliphatic rings. The second kappa shape index (κ2) is 6.96. The van der Waals surface area contributed by atoms with Crippen LogP contribution in [0.4, 0.5) is 0 Å². The maximum absolute atomic E-state index is 12.8. The van der Waals surface area contributed by atoms with Crippen molar-refractivity contribution in [1.29, 1.82) is 0 Å². The molecule has 2 aliphatic heterocycles. The van der Waals surface area contributed by atoms with Gasteiger partial charge in [-0.3, -0.25) is 9.48 Å². The quantitative estimate of drug-likeness (QED) is 0.848. The van der Waals surface area contributed by atoms with Crippen LogP contribution in [-0.2, 0) is 13.0 Å². The van der Waals surface area contributed by atoms with E-state index in [1.807, 2.05) is 23.1 Å². The number of hydrogen-bond acceptors (Lipinski definition) is 4. The van der Waals surface area contributed by atoms with E-state index in [1.165, 1.54) is 12.0 Å². The summed E-state index contributed by atoms with van der Waals surface area (Å²) in [6, 6.07) is 10.3. The number of fused-ring (bicyclic) bond motifs is 1. The van der Waals surface area contributed by atoms with E-state index < -0.39 is 0 Å². The lowest BCUT2D eigenvalue weighted by Gasteiger charge is -2.31. The Kier molecular flexibility index (Phi) is 4.53. The van der Waals surface area contributed by atoms with Crippen LogP contribution in [0.25, 0.3) is 0 Å². The number of nitrogens with zero attached hydrogens (tertiary/aromatic N) is 5. The summed E-state index contributed by atoms with van der Waals surface area (Å²) in [6.45, 7) is 4.69. The number of piperidine rings is 1. The molecule has 2 aromatic rings. The van der Waals surface area contributed by atoms with Gasteiger partial charge in [0.15, 0.2) is 5.69 Å².